The van der Waals surface area contributed by atoms with Crippen LogP contribution in [0, 0.1) is 12.7 Å². The lowest BCUT2D eigenvalue weighted by Gasteiger charge is -2.09. The van der Waals surface area contributed by atoms with E-state index in [4.69, 9.17) is 5.73 Å². The number of nitrogen functional groups attached to an aromatic ring is 1. The average Bonchev–Trinajstić information content (AvgIpc) is 2.36. The Kier molecular flexibility index (Phi) is 3.82. The van der Waals surface area contributed by atoms with Crippen molar-refractivity contribution in [3.8, 4) is 0 Å². The second kappa shape index (κ2) is 5.54. The molecular formula is C15H17FN2. The Morgan fingerprint density at radius 2 is 1.83 bits per heavy atom. The molecule has 3 heteroatoms. The minimum atomic E-state index is -0.276. The normalized spacial score (nSPS) is 10.3. The molecule has 0 aromatic heterocycles. The molecule has 2 rings (SSSR count). The first-order valence-corrected chi connectivity index (χ1v) is 5.99. The summed E-state index contributed by atoms with van der Waals surface area (Å²) in [4.78, 5) is 0. The highest BCUT2D eigenvalue weighted by atomic mass is 19.1. The van der Waals surface area contributed by atoms with Crippen LogP contribution in [0.4, 0.5) is 15.8 Å². The lowest BCUT2D eigenvalue weighted by Crippen LogP contribution is -2.07. The smallest absolute Gasteiger partial charge is 0.125 e. The van der Waals surface area contributed by atoms with Gasteiger partial charge in [-0.15, -0.1) is 0 Å². The number of aryl methyl sites for hydroxylation is 1. The van der Waals surface area contributed by atoms with Gasteiger partial charge in [-0.1, -0.05) is 29.8 Å². The number of benzene rings is 2. The molecule has 2 aromatic carbocycles. The molecule has 0 amide bonds. The van der Waals surface area contributed by atoms with Gasteiger partial charge in [-0.05, 0) is 37.1 Å². The van der Waals surface area contributed by atoms with E-state index >= 15 is 0 Å². The molecule has 0 saturated heterocycles. The van der Waals surface area contributed by atoms with Gasteiger partial charge >= 0.3 is 0 Å². The van der Waals surface area contributed by atoms with E-state index in [0.29, 0.717) is 11.4 Å². The number of nitrogens with one attached hydrogen (secondary N) is 1. The first-order chi connectivity index (χ1) is 8.65. The molecular weight excluding hydrogens is 227 g/mol. The second-order valence-corrected chi connectivity index (χ2v) is 4.39. The maximum Gasteiger partial charge on any atom is 0.125 e. The van der Waals surface area contributed by atoms with Crippen LogP contribution in [0.2, 0.25) is 0 Å². The topological polar surface area (TPSA) is 38.0 Å². The number of nitrogens with two attached hydrogens (primary N) is 1. The van der Waals surface area contributed by atoms with Crippen molar-refractivity contribution in [2.24, 2.45) is 0 Å². The van der Waals surface area contributed by atoms with Crippen LogP contribution >= 0.6 is 0 Å². The zero-order valence-electron chi connectivity index (χ0n) is 10.4. The van der Waals surface area contributed by atoms with Gasteiger partial charge in [-0.3, -0.25) is 0 Å². The van der Waals surface area contributed by atoms with Gasteiger partial charge in [0.2, 0.25) is 0 Å². The molecule has 2 nitrogen and oxygen atoms in total. The zero-order valence-corrected chi connectivity index (χ0v) is 10.4. The lowest BCUT2D eigenvalue weighted by atomic mass is 10.1. The highest BCUT2D eigenvalue weighted by Crippen LogP contribution is 2.19. The molecule has 0 aliphatic rings. The third kappa shape index (κ3) is 3.23. The van der Waals surface area contributed by atoms with Crippen molar-refractivity contribution in [1.29, 1.82) is 0 Å². The zero-order chi connectivity index (χ0) is 13.0. The number of anilines is 2. The van der Waals surface area contributed by atoms with Crippen LogP contribution in [0.3, 0.4) is 0 Å². The van der Waals surface area contributed by atoms with Crippen molar-refractivity contribution >= 4 is 11.4 Å². The predicted molar refractivity (Wildman–Crippen MR) is 74.2 cm³/mol. The Morgan fingerprint density at radius 1 is 1.11 bits per heavy atom. The highest BCUT2D eigenvalue weighted by Gasteiger charge is 2.00. The van der Waals surface area contributed by atoms with Gasteiger partial charge in [0.1, 0.15) is 5.82 Å². The second-order valence-electron chi connectivity index (χ2n) is 4.39. The molecule has 0 atom stereocenters. The number of rotatable bonds is 4. The fourth-order valence-corrected chi connectivity index (χ4v) is 1.78. The van der Waals surface area contributed by atoms with E-state index < -0.39 is 0 Å². The molecule has 0 fully saturated rings. The van der Waals surface area contributed by atoms with Crippen molar-refractivity contribution in [3.63, 3.8) is 0 Å². The summed E-state index contributed by atoms with van der Waals surface area (Å²) >= 11 is 0. The first-order valence-electron chi connectivity index (χ1n) is 5.99. The number of halogens is 1. The first kappa shape index (κ1) is 12.4. The number of hydrogen-bond acceptors (Lipinski definition) is 2. The van der Waals surface area contributed by atoms with Gasteiger partial charge in [0.25, 0.3) is 0 Å². The monoisotopic (exact) mass is 244 g/mol. The summed E-state index contributed by atoms with van der Waals surface area (Å²) in [6, 6.07) is 12.7. The molecule has 0 spiro atoms. The third-order valence-electron chi connectivity index (χ3n) is 2.87. The molecule has 0 aliphatic carbocycles. The Hall–Kier alpha value is -2.03. The van der Waals surface area contributed by atoms with E-state index in [-0.39, 0.29) is 5.82 Å². The van der Waals surface area contributed by atoms with Crippen LogP contribution in [0.15, 0.2) is 42.5 Å². The van der Waals surface area contributed by atoms with Crippen LogP contribution in [0.1, 0.15) is 11.1 Å². The standard InChI is InChI=1S/C15H17FN2/c1-11-2-4-12(5-3-11)8-9-18-15-10-13(16)6-7-14(15)17/h2-7,10,18H,8-9,17H2,1H3. The SMILES string of the molecule is Cc1ccc(CCNc2cc(F)ccc2N)cc1. The Bertz CT molecular complexity index is 521. The van der Waals surface area contributed by atoms with Crippen LogP contribution in [0.5, 0.6) is 0 Å². The summed E-state index contributed by atoms with van der Waals surface area (Å²) in [5.74, 6) is -0.276. The van der Waals surface area contributed by atoms with Gasteiger partial charge in [0.05, 0.1) is 11.4 Å². The van der Waals surface area contributed by atoms with Crippen molar-refractivity contribution in [2.45, 2.75) is 13.3 Å². The maximum atomic E-state index is 13.0. The molecule has 0 heterocycles. The van der Waals surface area contributed by atoms with Crippen LogP contribution < -0.4 is 11.1 Å². The largest absolute Gasteiger partial charge is 0.397 e. The van der Waals surface area contributed by atoms with Crippen molar-refractivity contribution in [1.82, 2.24) is 0 Å². The fourth-order valence-electron chi connectivity index (χ4n) is 1.78. The fraction of sp³-hybridized carbons (Fsp3) is 0.200. The molecule has 0 aliphatic heterocycles. The van der Waals surface area contributed by atoms with E-state index in [0.717, 1.165) is 13.0 Å². The summed E-state index contributed by atoms with van der Waals surface area (Å²) in [6.45, 7) is 2.80. The van der Waals surface area contributed by atoms with Crippen LogP contribution in [-0.4, -0.2) is 6.54 Å². The molecule has 2 aromatic rings. The van der Waals surface area contributed by atoms with Gasteiger partial charge in [0, 0.05) is 6.54 Å². The molecule has 0 unspecified atom stereocenters. The van der Waals surface area contributed by atoms with Gasteiger partial charge in [-0.2, -0.15) is 0 Å². The van der Waals surface area contributed by atoms with Gasteiger partial charge in [0.15, 0.2) is 0 Å². The molecule has 0 saturated carbocycles. The molecule has 0 bridgehead atoms. The molecule has 94 valence electrons. The Morgan fingerprint density at radius 3 is 2.56 bits per heavy atom. The van der Waals surface area contributed by atoms with Gasteiger partial charge < -0.3 is 11.1 Å². The highest BCUT2D eigenvalue weighted by molar-refractivity contribution is 5.65. The quantitative estimate of drug-likeness (QED) is 0.809. The van der Waals surface area contributed by atoms with E-state index in [9.17, 15) is 4.39 Å². The Balaban J connectivity index is 1.92. The van der Waals surface area contributed by atoms with E-state index in [1.54, 1.807) is 6.07 Å². The Labute approximate surface area is 107 Å². The molecule has 3 N–H and O–H groups in total. The van der Waals surface area contributed by atoms with Crippen molar-refractivity contribution in [2.75, 3.05) is 17.6 Å². The van der Waals surface area contributed by atoms with Crippen LogP contribution in [0.25, 0.3) is 0 Å². The number of hydrogen-bond donors (Lipinski definition) is 2. The molecule has 18 heavy (non-hydrogen) atoms. The summed E-state index contributed by atoms with van der Waals surface area (Å²) in [6.07, 6.45) is 0.885. The maximum absolute atomic E-state index is 13.0. The van der Waals surface area contributed by atoms with E-state index in [2.05, 4.69) is 36.5 Å². The lowest BCUT2D eigenvalue weighted by molar-refractivity contribution is 0.628. The summed E-state index contributed by atoms with van der Waals surface area (Å²) in [5.41, 5.74) is 9.49. The van der Waals surface area contributed by atoms with Gasteiger partial charge in [-0.25, -0.2) is 4.39 Å². The average molecular weight is 244 g/mol. The minimum Gasteiger partial charge on any atom is -0.397 e. The van der Waals surface area contributed by atoms with Crippen molar-refractivity contribution in [3.05, 3.63) is 59.4 Å². The summed E-state index contributed by atoms with van der Waals surface area (Å²) < 4.78 is 13.0. The third-order valence-corrected chi connectivity index (χ3v) is 2.87. The van der Waals surface area contributed by atoms with E-state index in [1.807, 2.05) is 0 Å². The molecule has 0 radical (unpaired) electrons. The van der Waals surface area contributed by atoms with Crippen LogP contribution in [-0.2, 0) is 6.42 Å². The predicted octanol–water partition coefficient (Wildman–Crippen LogP) is 3.37. The van der Waals surface area contributed by atoms with Crippen molar-refractivity contribution < 1.29 is 4.39 Å². The summed E-state index contributed by atoms with van der Waals surface area (Å²) in [5, 5.41) is 3.15. The van der Waals surface area contributed by atoms with E-state index in [1.165, 1.54) is 23.3 Å². The minimum absolute atomic E-state index is 0.276. The summed E-state index contributed by atoms with van der Waals surface area (Å²) in [7, 11) is 0.